The van der Waals surface area contributed by atoms with Gasteiger partial charge in [0.1, 0.15) is 5.82 Å². The van der Waals surface area contributed by atoms with Crippen molar-refractivity contribution in [2.75, 3.05) is 39.4 Å². The molecule has 0 aromatic heterocycles. The summed E-state index contributed by atoms with van der Waals surface area (Å²) >= 11 is 0. The molecular formula is C14H21FN2O. The molecule has 0 saturated carbocycles. The topological polar surface area (TPSA) is 24.5 Å². The monoisotopic (exact) mass is 252 g/mol. The van der Waals surface area contributed by atoms with Crippen molar-refractivity contribution in [2.45, 2.75) is 13.0 Å². The third-order valence-electron chi connectivity index (χ3n) is 3.33. The molecule has 1 aromatic carbocycles. The molecule has 18 heavy (non-hydrogen) atoms. The van der Waals surface area contributed by atoms with Crippen LogP contribution in [0.4, 0.5) is 4.39 Å². The van der Waals surface area contributed by atoms with Gasteiger partial charge >= 0.3 is 0 Å². The number of nitrogens with one attached hydrogen (secondary N) is 1. The molecule has 100 valence electrons. The molecule has 3 nitrogen and oxygen atoms in total. The summed E-state index contributed by atoms with van der Waals surface area (Å²) in [6.07, 6.45) is 0. The van der Waals surface area contributed by atoms with E-state index in [0.29, 0.717) is 0 Å². The number of hydrogen-bond acceptors (Lipinski definition) is 3. The highest BCUT2D eigenvalue weighted by molar-refractivity contribution is 5.19. The molecule has 0 aliphatic carbocycles. The molecule has 1 aliphatic heterocycles. The van der Waals surface area contributed by atoms with Crippen LogP contribution in [0.5, 0.6) is 0 Å². The fourth-order valence-electron chi connectivity index (χ4n) is 2.16. The summed E-state index contributed by atoms with van der Waals surface area (Å²) in [6.45, 7) is 7.68. The van der Waals surface area contributed by atoms with Gasteiger partial charge in [-0.2, -0.15) is 0 Å². The Hall–Kier alpha value is -0.970. The van der Waals surface area contributed by atoms with Crippen molar-refractivity contribution >= 4 is 0 Å². The molecule has 2 rings (SSSR count). The summed E-state index contributed by atoms with van der Waals surface area (Å²) in [5.74, 6) is -0.172. The number of benzene rings is 1. The van der Waals surface area contributed by atoms with E-state index >= 15 is 0 Å². The Morgan fingerprint density at radius 2 is 2.17 bits per heavy atom. The van der Waals surface area contributed by atoms with Crippen LogP contribution in [0, 0.1) is 5.82 Å². The summed E-state index contributed by atoms with van der Waals surface area (Å²) in [5.41, 5.74) is 0.997. The summed E-state index contributed by atoms with van der Waals surface area (Å²) in [5, 5.41) is 3.42. The first-order chi connectivity index (χ1) is 8.75. The fraction of sp³-hybridized carbons (Fsp3) is 0.571. The van der Waals surface area contributed by atoms with Gasteiger partial charge in [-0.3, -0.25) is 4.90 Å². The Morgan fingerprint density at radius 1 is 1.39 bits per heavy atom. The van der Waals surface area contributed by atoms with Crippen LogP contribution in [-0.2, 0) is 4.74 Å². The van der Waals surface area contributed by atoms with E-state index in [1.807, 2.05) is 6.07 Å². The van der Waals surface area contributed by atoms with E-state index in [0.717, 1.165) is 45.0 Å². The second-order valence-electron chi connectivity index (χ2n) is 4.68. The highest BCUT2D eigenvalue weighted by Crippen LogP contribution is 2.12. The number of halogens is 1. The van der Waals surface area contributed by atoms with Crippen LogP contribution in [0.1, 0.15) is 18.5 Å². The Balaban J connectivity index is 1.72. The lowest BCUT2D eigenvalue weighted by Crippen LogP contribution is -2.40. The molecule has 0 bridgehead atoms. The standard InChI is InChI=1S/C14H21FN2O/c1-12(13-3-2-4-14(15)11-13)16-5-6-17-7-9-18-10-8-17/h2-4,11-12,16H,5-10H2,1H3. The van der Waals surface area contributed by atoms with Crippen LogP contribution in [0.25, 0.3) is 0 Å². The number of rotatable bonds is 5. The van der Waals surface area contributed by atoms with E-state index in [2.05, 4.69) is 17.1 Å². The van der Waals surface area contributed by atoms with Gasteiger partial charge < -0.3 is 10.1 Å². The maximum absolute atomic E-state index is 13.1. The molecule has 1 fully saturated rings. The SMILES string of the molecule is CC(NCCN1CCOCC1)c1cccc(F)c1. The van der Waals surface area contributed by atoms with Crippen molar-refractivity contribution in [1.82, 2.24) is 10.2 Å². The first-order valence-electron chi connectivity index (χ1n) is 6.54. The van der Waals surface area contributed by atoms with E-state index in [4.69, 9.17) is 4.74 Å². The Labute approximate surface area is 108 Å². The Morgan fingerprint density at radius 3 is 2.89 bits per heavy atom. The number of nitrogens with zero attached hydrogens (tertiary/aromatic N) is 1. The van der Waals surface area contributed by atoms with Crippen LogP contribution in [0.15, 0.2) is 24.3 Å². The average Bonchev–Trinajstić information content (AvgIpc) is 2.40. The zero-order chi connectivity index (χ0) is 12.8. The zero-order valence-corrected chi connectivity index (χ0v) is 10.9. The third kappa shape index (κ3) is 4.05. The summed E-state index contributed by atoms with van der Waals surface area (Å²) in [6, 6.07) is 6.96. The van der Waals surface area contributed by atoms with Crippen molar-refractivity contribution in [3.8, 4) is 0 Å². The quantitative estimate of drug-likeness (QED) is 0.865. The number of ether oxygens (including phenoxy) is 1. The predicted octanol–water partition coefficient (Wildman–Crippen LogP) is 1.81. The molecule has 1 heterocycles. The summed E-state index contributed by atoms with van der Waals surface area (Å²) in [7, 11) is 0. The maximum Gasteiger partial charge on any atom is 0.123 e. The van der Waals surface area contributed by atoms with Crippen LogP contribution in [0.2, 0.25) is 0 Å². The highest BCUT2D eigenvalue weighted by atomic mass is 19.1. The molecule has 1 aliphatic rings. The molecule has 0 spiro atoms. The minimum absolute atomic E-state index is 0.172. The van der Waals surface area contributed by atoms with Crippen molar-refractivity contribution in [1.29, 1.82) is 0 Å². The van der Waals surface area contributed by atoms with E-state index in [-0.39, 0.29) is 11.9 Å². The molecule has 1 N–H and O–H groups in total. The van der Waals surface area contributed by atoms with Gasteiger partial charge in [0, 0.05) is 32.2 Å². The number of morpholine rings is 1. The van der Waals surface area contributed by atoms with Gasteiger partial charge in [0.2, 0.25) is 0 Å². The number of hydrogen-bond donors (Lipinski definition) is 1. The molecule has 0 radical (unpaired) electrons. The van der Waals surface area contributed by atoms with Crippen molar-refractivity contribution in [3.05, 3.63) is 35.6 Å². The lowest BCUT2D eigenvalue weighted by Gasteiger charge is -2.27. The van der Waals surface area contributed by atoms with Gasteiger partial charge in [0.25, 0.3) is 0 Å². The summed E-state index contributed by atoms with van der Waals surface area (Å²) < 4.78 is 18.4. The average molecular weight is 252 g/mol. The third-order valence-corrected chi connectivity index (χ3v) is 3.33. The fourth-order valence-corrected chi connectivity index (χ4v) is 2.16. The normalized spacial score (nSPS) is 18.8. The Bertz CT molecular complexity index is 367. The van der Waals surface area contributed by atoms with Crippen LogP contribution in [0.3, 0.4) is 0 Å². The molecular weight excluding hydrogens is 231 g/mol. The minimum Gasteiger partial charge on any atom is -0.379 e. The second-order valence-corrected chi connectivity index (χ2v) is 4.68. The molecule has 1 saturated heterocycles. The molecule has 0 amide bonds. The van der Waals surface area contributed by atoms with E-state index < -0.39 is 0 Å². The van der Waals surface area contributed by atoms with Gasteiger partial charge in [-0.1, -0.05) is 12.1 Å². The van der Waals surface area contributed by atoms with Gasteiger partial charge in [-0.15, -0.1) is 0 Å². The summed E-state index contributed by atoms with van der Waals surface area (Å²) in [4.78, 5) is 2.38. The van der Waals surface area contributed by atoms with Crippen molar-refractivity contribution in [3.63, 3.8) is 0 Å². The van der Waals surface area contributed by atoms with Crippen LogP contribution in [-0.4, -0.2) is 44.3 Å². The maximum atomic E-state index is 13.1. The van der Waals surface area contributed by atoms with E-state index in [1.54, 1.807) is 12.1 Å². The zero-order valence-electron chi connectivity index (χ0n) is 10.9. The van der Waals surface area contributed by atoms with Crippen molar-refractivity contribution in [2.24, 2.45) is 0 Å². The highest BCUT2D eigenvalue weighted by Gasteiger charge is 2.10. The largest absolute Gasteiger partial charge is 0.379 e. The van der Waals surface area contributed by atoms with Crippen LogP contribution < -0.4 is 5.32 Å². The lowest BCUT2D eigenvalue weighted by atomic mass is 10.1. The Kier molecular flexibility index (Phi) is 5.11. The van der Waals surface area contributed by atoms with Gasteiger partial charge in [-0.05, 0) is 24.6 Å². The molecule has 1 aromatic rings. The minimum atomic E-state index is -0.172. The van der Waals surface area contributed by atoms with Crippen molar-refractivity contribution < 1.29 is 9.13 Å². The first kappa shape index (κ1) is 13.5. The smallest absolute Gasteiger partial charge is 0.123 e. The molecule has 1 unspecified atom stereocenters. The van der Waals surface area contributed by atoms with E-state index in [9.17, 15) is 4.39 Å². The van der Waals surface area contributed by atoms with E-state index in [1.165, 1.54) is 6.07 Å². The second kappa shape index (κ2) is 6.83. The molecule has 1 atom stereocenters. The predicted molar refractivity (Wildman–Crippen MR) is 70.1 cm³/mol. The lowest BCUT2D eigenvalue weighted by molar-refractivity contribution is 0.0382. The first-order valence-corrected chi connectivity index (χ1v) is 6.54. The van der Waals surface area contributed by atoms with Crippen LogP contribution >= 0.6 is 0 Å². The van der Waals surface area contributed by atoms with Gasteiger partial charge in [0.05, 0.1) is 13.2 Å². The van der Waals surface area contributed by atoms with Gasteiger partial charge in [0.15, 0.2) is 0 Å². The molecule has 4 heteroatoms. The van der Waals surface area contributed by atoms with Gasteiger partial charge in [-0.25, -0.2) is 4.39 Å².